The highest BCUT2D eigenvalue weighted by atomic mass is 16.5. The predicted molar refractivity (Wildman–Crippen MR) is 97.0 cm³/mol. The van der Waals surface area contributed by atoms with Crippen molar-refractivity contribution in [1.82, 2.24) is 19.5 Å². The van der Waals surface area contributed by atoms with Crippen molar-refractivity contribution in [3.63, 3.8) is 0 Å². The van der Waals surface area contributed by atoms with E-state index in [2.05, 4.69) is 26.3 Å². The van der Waals surface area contributed by atoms with Crippen molar-refractivity contribution < 1.29 is 4.74 Å². The van der Waals surface area contributed by atoms with Crippen LogP contribution in [0.3, 0.4) is 0 Å². The fourth-order valence-corrected chi connectivity index (χ4v) is 2.67. The van der Waals surface area contributed by atoms with E-state index in [0.29, 0.717) is 6.54 Å². The Hall–Kier alpha value is -3.41. The van der Waals surface area contributed by atoms with Crippen LogP contribution in [0.25, 0.3) is 16.7 Å². The summed E-state index contributed by atoms with van der Waals surface area (Å²) >= 11 is 0. The van der Waals surface area contributed by atoms with Gasteiger partial charge < -0.3 is 10.1 Å². The van der Waals surface area contributed by atoms with Crippen LogP contribution in [-0.4, -0.2) is 26.6 Å². The van der Waals surface area contributed by atoms with Gasteiger partial charge in [-0.3, -0.25) is 9.55 Å². The van der Waals surface area contributed by atoms with Crippen molar-refractivity contribution in [2.45, 2.75) is 6.54 Å². The first kappa shape index (κ1) is 15.1. The fraction of sp³-hybridized carbons (Fsp3) is 0.105. The van der Waals surface area contributed by atoms with E-state index < -0.39 is 0 Å². The Bertz CT molecular complexity index is 981. The Labute approximate surface area is 145 Å². The number of fused-ring (bicyclic) bond motifs is 1. The molecule has 4 rings (SSSR count). The van der Waals surface area contributed by atoms with E-state index in [1.807, 2.05) is 47.3 Å². The molecule has 0 bridgehead atoms. The zero-order valence-electron chi connectivity index (χ0n) is 13.8. The summed E-state index contributed by atoms with van der Waals surface area (Å²) in [4.78, 5) is 12.9. The van der Waals surface area contributed by atoms with Gasteiger partial charge in [0.15, 0.2) is 0 Å². The quantitative estimate of drug-likeness (QED) is 0.607. The van der Waals surface area contributed by atoms with Gasteiger partial charge in [-0.25, -0.2) is 9.97 Å². The number of imidazole rings is 1. The number of hydrogen-bond acceptors (Lipinski definition) is 5. The number of benzene rings is 1. The molecule has 0 amide bonds. The van der Waals surface area contributed by atoms with Crippen molar-refractivity contribution >= 4 is 16.6 Å². The lowest BCUT2D eigenvalue weighted by atomic mass is 10.1. The van der Waals surface area contributed by atoms with E-state index in [1.54, 1.807) is 25.8 Å². The molecule has 0 saturated heterocycles. The molecule has 1 aromatic carbocycles. The molecular weight excluding hydrogens is 314 g/mol. The van der Waals surface area contributed by atoms with Gasteiger partial charge in [0.25, 0.3) is 0 Å². The Morgan fingerprint density at radius 3 is 2.80 bits per heavy atom. The predicted octanol–water partition coefficient (Wildman–Crippen LogP) is 3.44. The lowest BCUT2D eigenvalue weighted by Gasteiger charge is -2.10. The summed E-state index contributed by atoms with van der Waals surface area (Å²) in [5.41, 5.74) is 3.03. The highest BCUT2D eigenvalue weighted by molar-refractivity contribution is 5.91. The SMILES string of the molecule is COc1ccc2c(NCc3ccc(-n4ccnc4)nc3)ccnc2c1. The highest BCUT2D eigenvalue weighted by Gasteiger charge is 2.04. The second-order valence-corrected chi connectivity index (χ2v) is 5.59. The molecule has 4 aromatic rings. The van der Waals surface area contributed by atoms with E-state index in [0.717, 1.165) is 33.7 Å². The third-order valence-electron chi connectivity index (χ3n) is 4.01. The smallest absolute Gasteiger partial charge is 0.137 e. The Morgan fingerprint density at radius 1 is 1.08 bits per heavy atom. The van der Waals surface area contributed by atoms with Crippen LogP contribution < -0.4 is 10.1 Å². The number of methoxy groups -OCH3 is 1. The molecule has 0 aliphatic rings. The lowest BCUT2D eigenvalue weighted by Crippen LogP contribution is -2.02. The molecule has 3 heterocycles. The molecular formula is C19H17N5O. The minimum Gasteiger partial charge on any atom is -0.497 e. The number of ether oxygens (including phenoxy) is 1. The first-order chi connectivity index (χ1) is 12.3. The van der Waals surface area contributed by atoms with Crippen LogP contribution in [0, 0.1) is 0 Å². The van der Waals surface area contributed by atoms with Gasteiger partial charge in [-0.1, -0.05) is 6.07 Å². The highest BCUT2D eigenvalue weighted by Crippen LogP contribution is 2.25. The molecule has 0 aliphatic heterocycles. The van der Waals surface area contributed by atoms with E-state index in [4.69, 9.17) is 4.74 Å². The molecule has 6 heteroatoms. The molecule has 124 valence electrons. The number of nitrogens with one attached hydrogen (secondary N) is 1. The number of rotatable bonds is 5. The average molecular weight is 331 g/mol. The van der Waals surface area contributed by atoms with Crippen LogP contribution >= 0.6 is 0 Å². The topological polar surface area (TPSA) is 64.9 Å². The molecule has 25 heavy (non-hydrogen) atoms. The van der Waals surface area contributed by atoms with Crippen molar-refractivity contribution in [2.24, 2.45) is 0 Å². The standard InChI is InChI=1S/C19H17N5O/c1-25-15-3-4-16-17(6-7-21-18(16)10-15)22-11-14-2-5-19(23-12-14)24-9-8-20-13-24/h2-10,12-13H,11H2,1H3,(H,21,22). The third kappa shape index (κ3) is 3.14. The monoisotopic (exact) mass is 331 g/mol. The van der Waals surface area contributed by atoms with Crippen molar-refractivity contribution in [2.75, 3.05) is 12.4 Å². The van der Waals surface area contributed by atoms with Crippen LogP contribution in [0.4, 0.5) is 5.69 Å². The summed E-state index contributed by atoms with van der Waals surface area (Å²) in [5, 5.41) is 4.52. The maximum Gasteiger partial charge on any atom is 0.137 e. The molecule has 6 nitrogen and oxygen atoms in total. The molecule has 0 unspecified atom stereocenters. The molecule has 3 aromatic heterocycles. The molecule has 0 radical (unpaired) electrons. The zero-order valence-corrected chi connectivity index (χ0v) is 13.8. The van der Waals surface area contributed by atoms with Crippen molar-refractivity contribution in [3.05, 3.63) is 73.1 Å². The van der Waals surface area contributed by atoms with Crippen LogP contribution in [0.15, 0.2) is 67.5 Å². The first-order valence-corrected chi connectivity index (χ1v) is 7.93. The van der Waals surface area contributed by atoms with Gasteiger partial charge in [0.2, 0.25) is 0 Å². The number of hydrogen-bond donors (Lipinski definition) is 1. The summed E-state index contributed by atoms with van der Waals surface area (Å²) in [6, 6.07) is 11.9. The normalized spacial score (nSPS) is 10.8. The Balaban J connectivity index is 1.52. The number of pyridine rings is 2. The second kappa shape index (κ2) is 6.60. The van der Waals surface area contributed by atoms with Crippen molar-refractivity contribution in [1.29, 1.82) is 0 Å². The second-order valence-electron chi connectivity index (χ2n) is 5.59. The molecule has 1 N–H and O–H groups in total. The molecule has 0 fully saturated rings. The Morgan fingerprint density at radius 2 is 2.04 bits per heavy atom. The van der Waals surface area contributed by atoms with Crippen LogP contribution in [-0.2, 0) is 6.54 Å². The van der Waals surface area contributed by atoms with Gasteiger partial charge in [0.05, 0.1) is 12.6 Å². The maximum atomic E-state index is 5.26. The summed E-state index contributed by atoms with van der Waals surface area (Å²) in [7, 11) is 1.66. The molecule has 0 spiro atoms. The van der Waals surface area contributed by atoms with Gasteiger partial charge in [-0.15, -0.1) is 0 Å². The average Bonchev–Trinajstić information content (AvgIpc) is 3.21. The summed E-state index contributed by atoms with van der Waals surface area (Å²) in [6.45, 7) is 0.683. The number of nitrogens with zero attached hydrogens (tertiary/aromatic N) is 4. The summed E-state index contributed by atoms with van der Waals surface area (Å²) in [6.07, 6.45) is 9.01. The van der Waals surface area contributed by atoms with Crippen LogP contribution in [0.1, 0.15) is 5.56 Å². The van der Waals surface area contributed by atoms with E-state index in [1.165, 1.54) is 0 Å². The first-order valence-electron chi connectivity index (χ1n) is 7.93. The van der Waals surface area contributed by atoms with Gasteiger partial charge in [0, 0.05) is 48.5 Å². The minimum atomic E-state index is 0.683. The van der Waals surface area contributed by atoms with Gasteiger partial charge in [-0.05, 0) is 29.8 Å². The largest absolute Gasteiger partial charge is 0.497 e. The maximum absolute atomic E-state index is 5.26. The fourth-order valence-electron chi connectivity index (χ4n) is 2.67. The minimum absolute atomic E-state index is 0.683. The third-order valence-corrected chi connectivity index (χ3v) is 4.01. The van der Waals surface area contributed by atoms with Gasteiger partial charge in [0.1, 0.15) is 17.9 Å². The Kier molecular flexibility index (Phi) is 4.00. The van der Waals surface area contributed by atoms with E-state index in [9.17, 15) is 0 Å². The molecule has 0 atom stereocenters. The molecule has 0 aliphatic carbocycles. The summed E-state index contributed by atoms with van der Waals surface area (Å²) in [5.74, 6) is 1.65. The summed E-state index contributed by atoms with van der Waals surface area (Å²) < 4.78 is 7.13. The van der Waals surface area contributed by atoms with Gasteiger partial charge in [-0.2, -0.15) is 0 Å². The van der Waals surface area contributed by atoms with Crippen LogP contribution in [0.2, 0.25) is 0 Å². The lowest BCUT2D eigenvalue weighted by molar-refractivity contribution is 0.415. The van der Waals surface area contributed by atoms with Gasteiger partial charge >= 0.3 is 0 Å². The number of aromatic nitrogens is 4. The van der Waals surface area contributed by atoms with Crippen molar-refractivity contribution in [3.8, 4) is 11.6 Å². The molecule has 0 saturated carbocycles. The zero-order chi connectivity index (χ0) is 17.1. The van der Waals surface area contributed by atoms with Crippen LogP contribution in [0.5, 0.6) is 5.75 Å². The number of anilines is 1. The van der Waals surface area contributed by atoms with E-state index in [-0.39, 0.29) is 0 Å². The van der Waals surface area contributed by atoms with E-state index >= 15 is 0 Å².